The fraction of sp³-hybridized carbons (Fsp3) is 0.632. The molecule has 0 heterocycles. The van der Waals surface area contributed by atoms with E-state index in [2.05, 4.69) is 37.9 Å². The molecular formula is C19H33N3O. The third-order valence-corrected chi connectivity index (χ3v) is 4.28. The molecule has 0 bridgehead atoms. The lowest BCUT2D eigenvalue weighted by atomic mass is 10.0. The van der Waals surface area contributed by atoms with Crippen molar-refractivity contribution in [2.75, 3.05) is 25.4 Å². The van der Waals surface area contributed by atoms with E-state index in [4.69, 9.17) is 5.73 Å². The molecule has 0 saturated heterocycles. The average Bonchev–Trinajstić information content (AvgIpc) is 2.52. The van der Waals surface area contributed by atoms with Crippen molar-refractivity contribution in [3.8, 4) is 0 Å². The van der Waals surface area contributed by atoms with Gasteiger partial charge in [-0.2, -0.15) is 0 Å². The van der Waals surface area contributed by atoms with E-state index in [1.165, 1.54) is 0 Å². The molecule has 0 spiro atoms. The van der Waals surface area contributed by atoms with E-state index in [1.807, 2.05) is 24.3 Å². The Kier molecular flexibility index (Phi) is 8.70. The van der Waals surface area contributed by atoms with Gasteiger partial charge in [-0.25, -0.2) is 0 Å². The van der Waals surface area contributed by atoms with Crippen molar-refractivity contribution in [2.24, 2.45) is 5.92 Å². The minimum atomic E-state index is 0.106. The van der Waals surface area contributed by atoms with Crippen LogP contribution in [0, 0.1) is 5.92 Å². The first-order chi connectivity index (χ1) is 11.0. The third-order valence-electron chi connectivity index (χ3n) is 4.28. The van der Waals surface area contributed by atoms with E-state index >= 15 is 0 Å². The zero-order chi connectivity index (χ0) is 17.2. The molecule has 0 saturated carbocycles. The number of anilines is 1. The minimum Gasteiger partial charge on any atom is -0.399 e. The second-order valence-corrected chi connectivity index (χ2v) is 6.51. The molecule has 4 heteroatoms. The predicted octanol–water partition coefficient (Wildman–Crippen LogP) is 3.07. The molecule has 0 aliphatic heterocycles. The Balaban J connectivity index is 2.46. The number of nitrogens with zero attached hydrogens (tertiary/aromatic N) is 1. The Hall–Kier alpha value is -1.55. The second-order valence-electron chi connectivity index (χ2n) is 6.51. The van der Waals surface area contributed by atoms with Crippen LogP contribution in [0.1, 0.15) is 46.1 Å². The summed E-state index contributed by atoms with van der Waals surface area (Å²) in [4.78, 5) is 14.6. The highest BCUT2D eigenvalue weighted by Crippen LogP contribution is 2.13. The molecule has 0 aromatic heterocycles. The first-order valence-electron chi connectivity index (χ1n) is 8.82. The van der Waals surface area contributed by atoms with Crippen LogP contribution < -0.4 is 11.1 Å². The molecule has 1 amide bonds. The minimum absolute atomic E-state index is 0.106. The summed E-state index contributed by atoms with van der Waals surface area (Å²) < 4.78 is 0. The molecule has 1 rings (SSSR count). The molecule has 0 fully saturated rings. The maximum atomic E-state index is 12.1. The lowest BCUT2D eigenvalue weighted by Crippen LogP contribution is -2.44. The van der Waals surface area contributed by atoms with Crippen LogP contribution in [0.25, 0.3) is 0 Å². The number of para-hydroxylation sites is 1. The summed E-state index contributed by atoms with van der Waals surface area (Å²) in [6.45, 7) is 11.6. The molecule has 1 aromatic rings. The van der Waals surface area contributed by atoms with Crippen LogP contribution >= 0.6 is 0 Å². The number of rotatable bonds is 10. The Bertz CT molecular complexity index is 469. The number of hydrogen-bond acceptors (Lipinski definition) is 3. The molecule has 130 valence electrons. The fourth-order valence-corrected chi connectivity index (χ4v) is 2.98. The zero-order valence-electron chi connectivity index (χ0n) is 15.1. The number of amides is 1. The number of carbonyl (C=O) groups is 1. The quantitative estimate of drug-likeness (QED) is 0.652. The number of carbonyl (C=O) groups excluding carboxylic acids is 1. The molecular weight excluding hydrogens is 286 g/mol. The van der Waals surface area contributed by atoms with Gasteiger partial charge in [0, 0.05) is 24.7 Å². The molecule has 23 heavy (non-hydrogen) atoms. The van der Waals surface area contributed by atoms with Gasteiger partial charge in [0.25, 0.3) is 0 Å². The lowest BCUT2D eigenvalue weighted by molar-refractivity contribution is -0.121. The fourth-order valence-electron chi connectivity index (χ4n) is 2.98. The molecule has 0 radical (unpaired) electrons. The summed E-state index contributed by atoms with van der Waals surface area (Å²) in [6, 6.07) is 8.16. The highest BCUT2D eigenvalue weighted by Gasteiger charge is 2.18. The van der Waals surface area contributed by atoms with Crippen LogP contribution in [0.3, 0.4) is 0 Å². The summed E-state index contributed by atoms with van der Waals surface area (Å²) >= 11 is 0. The average molecular weight is 319 g/mol. The molecule has 1 unspecified atom stereocenters. The SMILES string of the molecule is CCN(CC)C(CNC(=O)CCc1ccccc1N)CC(C)C. The number of likely N-dealkylation sites (N-methyl/N-ethyl adjacent to an activating group) is 1. The van der Waals surface area contributed by atoms with Gasteiger partial charge in [-0.15, -0.1) is 0 Å². The monoisotopic (exact) mass is 319 g/mol. The van der Waals surface area contributed by atoms with Crippen LogP contribution in [-0.4, -0.2) is 36.5 Å². The topological polar surface area (TPSA) is 58.4 Å². The van der Waals surface area contributed by atoms with Gasteiger partial charge in [0.2, 0.25) is 5.91 Å². The summed E-state index contributed by atoms with van der Waals surface area (Å²) in [5, 5.41) is 3.11. The van der Waals surface area contributed by atoms with Crippen LogP contribution in [-0.2, 0) is 11.2 Å². The maximum absolute atomic E-state index is 12.1. The van der Waals surface area contributed by atoms with Crippen molar-refractivity contribution in [1.29, 1.82) is 0 Å². The molecule has 0 aliphatic carbocycles. The number of hydrogen-bond donors (Lipinski definition) is 2. The number of nitrogens with two attached hydrogens (primary N) is 1. The van der Waals surface area contributed by atoms with Crippen molar-refractivity contribution >= 4 is 11.6 Å². The van der Waals surface area contributed by atoms with E-state index in [0.717, 1.165) is 37.3 Å². The normalized spacial score (nSPS) is 12.6. The van der Waals surface area contributed by atoms with Gasteiger partial charge >= 0.3 is 0 Å². The number of nitrogen functional groups attached to an aromatic ring is 1. The van der Waals surface area contributed by atoms with Gasteiger partial charge in [0.15, 0.2) is 0 Å². The van der Waals surface area contributed by atoms with Gasteiger partial charge in [0.05, 0.1) is 0 Å². The van der Waals surface area contributed by atoms with Gasteiger partial charge in [-0.1, -0.05) is 45.9 Å². The Labute approximate surface area is 141 Å². The van der Waals surface area contributed by atoms with Crippen LogP contribution in [0.2, 0.25) is 0 Å². The summed E-state index contributed by atoms with van der Waals surface area (Å²) in [7, 11) is 0. The molecule has 4 nitrogen and oxygen atoms in total. The van der Waals surface area contributed by atoms with Crippen LogP contribution in [0.4, 0.5) is 5.69 Å². The van der Waals surface area contributed by atoms with E-state index in [1.54, 1.807) is 0 Å². The summed E-state index contributed by atoms with van der Waals surface area (Å²) in [5.74, 6) is 0.732. The number of benzene rings is 1. The van der Waals surface area contributed by atoms with Crippen molar-refractivity contribution in [2.45, 2.75) is 53.0 Å². The van der Waals surface area contributed by atoms with E-state index in [0.29, 0.717) is 24.8 Å². The van der Waals surface area contributed by atoms with Gasteiger partial charge in [0.1, 0.15) is 0 Å². The standard InChI is InChI=1S/C19H33N3O/c1-5-22(6-2)17(13-15(3)4)14-21-19(23)12-11-16-9-7-8-10-18(16)20/h7-10,15,17H,5-6,11-14,20H2,1-4H3,(H,21,23). The van der Waals surface area contributed by atoms with Crippen molar-refractivity contribution < 1.29 is 4.79 Å². The summed E-state index contributed by atoms with van der Waals surface area (Å²) in [5.41, 5.74) is 7.73. The Morgan fingerprint density at radius 1 is 1.22 bits per heavy atom. The van der Waals surface area contributed by atoms with Gasteiger partial charge < -0.3 is 11.1 Å². The number of nitrogens with one attached hydrogen (secondary N) is 1. The van der Waals surface area contributed by atoms with Crippen molar-refractivity contribution in [3.63, 3.8) is 0 Å². The van der Waals surface area contributed by atoms with E-state index in [-0.39, 0.29) is 5.91 Å². The summed E-state index contributed by atoms with van der Waals surface area (Å²) in [6.07, 6.45) is 2.28. The zero-order valence-corrected chi connectivity index (χ0v) is 15.1. The molecule has 3 N–H and O–H groups in total. The largest absolute Gasteiger partial charge is 0.399 e. The van der Waals surface area contributed by atoms with Crippen molar-refractivity contribution in [1.82, 2.24) is 10.2 Å². The van der Waals surface area contributed by atoms with Gasteiger partial charge in [-0.3, -0.25) is 9.69 Å². The van der Waals surface area contributed by atoms with E-state index < -0.39 is 0 Å². The highest BCUT2D eigenvalue weighted by atomic mass is 16.1. The molecule has 1 aromatic carbocycles. The van der Waals surface area contributed by atoms with Crippen LogP contribution in [0.15, 0.2) is 24.3 Å². The Morgan fingerprint density at radius 3 is 2.43 bits per heavy atom. The molecule has 1 atom stereocenters. The Morgan fingerprint density at radius 2 is 1.87 bits per heavy atom. The predicted molar refractivity (Wildman–Crippen MR) is 98.3 cm³/mol. The maximum Gasteiger partial charge on any atom is 0.220 e. The van der Waals surface area contributed by atoms with Gasteiger partial charge in [-0.05, 0) is 43.5 Å². The van der Waals surface area contributed by atoms with Crippen LogP contribution in [0.5, 0.6) is 0 Å². The first kappa shape index (κ1) is 19.5. The number of aryl methyl sites for hydroxylation is 1. The smallest absolute Gasteiger partial charge is 0.220 e. The van der Waals surface area contributed by atoms with E-state index in [9.17, 15) is 4.79 Å². The third kappa shape index (κ3) is 7.04. The first-order valence-corrected chi connectivity index (χ1v) is 8.82. The molecule has 0 aliphatic rings. The second kappa shape index (κ2) is 10.3. The lowest BCUT2D eigenvalue weighted by Gasteiger charge is -2.31. The highest BCUT2D eigenvalue weighted by molar-refractivity contribution is 5.76. The van der Waals surface area contributed by atoms with Crippen molar-refractivity contribution in [3.05, 3.63) is 29.8 Å².